The normalized spacial score (nSPS) is 10.6. The number of benzene rings is 2. The third-order valence-electron chi connectivity index (χ3n) is 2.32. The molecule has 0 heterocycles. The second-order valence-corrected chi connectivity index (χ2v) is 5.42. The fraction of sp³-hybridized carbons (Fsp3) is 0.0769. The monoisotopic (exact) mass is 364 g/mol. The molecule has 0 aliphatic rings. The molecule has 0 spiro atoms. The lowest BCUT2D eigenvalue weighted by Gasteiger charge is -2.10. The predicted molar refractivity (Wildman–Crippen MR) is 76.6 cm³/mol. The lowest BCUT2D eigenvalue weighted by Crippen LogP contribution is -1.91. The van der Waals surface area contributed by atoms with E-state index < -0.39 is 5.82 Å². The summed E-state index contributed by atoms with van der Waals surface area (Å²) in [4.78, 5) is 0. The van der Waals surface area contributed by atoms with Gasteiger partial charge in [-0.25, -0.2) is 4.39 Å². The van der Waals surface area contributed by atoms with Crippen molar-refractivity contribution in [2.75, 3.05) is 0 Å². The van der Waals surface area contributed by atoms with E-state index in [0.717, 1.165) is 0 Å². The van der Waals surface area contributed by atoms with Crippen LogP contribution in [0.2, 0.25) is 10.0 Å². The van der Waals surface area contributed by atoms with E-state index in [4.69, 9.17) is 33.0 Å². The molecule has 2 aromatic rings. The maximum absolute atomic E-state index is 13.3. The van der Waals surface area contributed by atoms with Crippen molar-refractivity contribution in [3.05, 3.63) is 56.2 Å². The van der Waals surface area contributed by atoms with Crippen molar-refractivity contribution in [2.45, 2.75) is 6.61 Å². The standard InChI is InChI=1S/C13H8BrCl2FO2/c14-10-4-12(16)13(5-11(10)15)19-9-2-7(6-18)1-8(17)3-9/h1-5,18H,6H2. The molecule has 2 rings (SSSR count). The maximum Gasteiger partial charge on any atom is 0.147 e. The molecule has 0 aliphatic heterocycles. The van der Waals surface area contributed by atoms with E-state index in [1.807, 2.05) is 0 Å². The van der Waals surface area contributed by atoms with E-state index in [0.29, 0.717) is 25.8 Å². The first-order valence-electron chi connectivity index (χ1n) is 5.22. The third kappa shape index (κ3) is 3.60. The SMILES string of the molecule is OCc1cc(F)cc(Oc2cc(Cl)c(Br)cc2Cl)c1. The largest absolute Gasteiger partial charge is 0.456 e. The molecule has 1 N–H and O–H groups in total. The van der Waals surface area contributed by atoms with Crippen LogP contribution in [0.1, 0.15) is 5.56 Å². The molecule has 0 bridgehead atoms. The van der Waals surface area contributed by atoms with Gasteiger partial charge in [0.25, 0.3) is 0 Å². The van der Waals surface area contributed by atoms with Crippen LogP contribution in [0.3, 0.4) is 0 Å². The van der Waals surface area contributed by atoms with Gasteiger partial charge in [0.1, 0.15) is 17.3 Å². The number of hydrogen-bond acceptors (Lipinski definition) is 2. The summed E-state index contributed by atoms with van der Waals surface area (Å²) >= 11 is 15.2. The van der Waals surface area contributed by atoms with Crippen LogP contribution in [0.25, 0.3) is 0 Å². The smallest absolute Gasteiger partial charge is 0.147 e. The summed E-state index contributed by atoms with van der Waals surface area (Å²) in [5, 5.41) is 9.78. The summed E-state index contributed by atoms with van der Waals surface area (Å²) in [6.07, 6.45) is 0. The molecule has 0 radical (unpaired) electrons. The fourth-order valence-electron chi connectivity index (χ4n) is 1.48. The van der Waals surface area contributed by atoms with Gasteiger partial charge >= 0.3 is 0 Å². The van der Waals surface area contributed by atoms with Crippen LogP contribution < -0.4 is 4.74 Å². The molecule has 100 valence electrons. The van der Waals surface area contributed by atoms with Gasteiger partial charge in [-0.15, -0.1) is 0 Å². The summed E-state index contributed by atoms with van der Waals surface area (Å²) in [6, 6.07) is 7.06. The Balaban J connectivity index is 2.36. The Kier molecular flexibility index (Phi) is 4.68. The highest BCUT2D eigenvalue weighted by Crippen LogP contribution is 2.36. The quantitative estimate of drug-likeness (QED) is 0.759. The van der Waals surface area contributed by atoms with Gasteiger partial charge < -0.3 is 9.84 Å². The Morgan fingerprint density at radius 1 is 1.11 bits per heavy atom. The molecule has 0 saturated heterocycles. The molecule has 2 aromatic carbocycles. The van der Waals surface area contributed by atoms with E-state index in [1.54, 1.807) is 6.07 Å². The minimum atomic E-state index is -0.499. The van der Waals surface area contributed by atoms with Crippen LogP contribution in [0, 0.1) is 5.82 Å². The predicted octanol–water partition coefficient (Wildman–Crippen LogP) is 5.18. The Bertz CT molecular complexity index is 620. The average molecular weight is 366 g/mol. The van der Waals surface area contributed by atoms with Crippen molar-refractivity contribution < 1.29 is 14.2 Å². The lowest BCUT2D eigenvalue weighted by molar-refractivity contribution is 0.280. The number of rotatable bonds is 3. The van der Waals surface area contributed by atoms with E-state index in [9.17, 15) is 4.39 Å². The highest BCUT2D eigenvalue weighted by Gasteiger charge is 2.09. The van der Waals surface area contributed by atoms with Crippen molar-refractivity contribution in [1.29, 1.82) is 0 Å². The van der Waals surface area contributed by atoms with Crippen LogP contribution >= 0.6 is 39.1 Å². The summed E-state index contributed by atoms with van der Waals surface area (Å²) in [5.74, 6) is 0.0505. The zero-order valence-corrected chi connectivity index (χ0v) is 12.6. The first kappa shape index (κ1) is 14.6. The molecule has 0 unspecified atom stereocenters. The molecule has 0 fully saturated rings. The highest BCUT2D eigenvalue weighted by molar-refractivity contribution is 9.10. The van der Waals surface area contributed by atoms with Gasteiger partial charge in [-0.05, 0) is 39.7 Å². The van der Waals surface area contributed by atoms with Crippen molar-refractivity contribution >= 4 is 39.1 Å². The molecule has 19 heavy (non-hydrogen) atoms. The molecule has 0 amide bonds. The highest BCUT2D eigenvalue weighted by atomic mass is 79.9. The van der Waals surface area contributed by atoms with E-state index in [-0.39, 0.29) is 12.4 Å². The van der Waals surface area contributed by atoms with Gasteiger partial charge in [-0.3, -0.25) is 0 Å². The van der Waals surface area contributed by atoms with Gasteiger partial charge in [0.2, 0.25) is 0 Å². The van der Waals surface area contributed by atoms with Crippen LogP contribution in [0.15, 0.2) is 34.8 Å². The fourth-order valence-corrected chi connectivity index (χ4v) is 2.31. The summed E-state index contributed by atoms with van der Waals surface area (Å²) < 4.78 is 19.4. The second-order valence-electron chi connectivity index (χ2n) is 3.75. The number of hydrogen-bond donors (Lipinski definition) is 1. The van der Waals surface area contributed by atoms with Crippen LogP contribution in [0.5, 0.6) is 11.5 Å². The summed E-state index contributed by atoms with van der Waals surface area (Å²) in [7, 11) is 0. The van der Waals surface area contributed by atoms with Crippen molar-refractivity contribution in [1.82, 2.24) is 0 Å². The molecule has 0 saturated carbocycles. The first-order chi connectivity index (χ1) is 8.99. The lowest BCUT2D eigenvalue weighted by atomic mass is 10.2. The van der Waals surface area contributed by atoms with E-state index >= 15 is 0 Å². The Morgan fingerprint density at radius 3 is 2.53 bits per heavy atom. The summed E-state index contributed by atoms with van der Waals surface area (Å²) in [6.45, 7) is -0.275. The number of aliphatic hydroxyl groups excluding tert-OH is 1. The van der Waals surface area contributed by atoms with Gasteiger partial charge in [-0.2, -0.15) is 0 Å². The van der Waals surface area contributed by atoms with Crippen molar-refractivity contribution in [3.8, 4) is 11.5 Å². The van der Waals surface area contributed by atoms with Gasteiger partial charge in [0, 0.05) is 16.6 Å². The van der Waals surface area contributed by atoms with Crippen LogP contribution in [-0.2, 0) is 6.61 Å². The molecule has 0 atom stereocenters. The Hall–Kier alpha value is -0.810. The van der Waals surface area contributed by atoms with E-state index in [1.165, 1.54) is 24.3 Å². The Labute approximate surface area is 127 Å². The van der Waals surface area contributed by atoms with Crippen molar-refractivity contribution in [3.63, 3.8) is 0 Å². The number of aliphatic hydroxyl groups is 1. The molecule has 2 nitrogen and oxygen atoms in total. The van der Waals surface area contributed by atoms with Crippen LogP contribution in [-0.4, -0.2) is 5.11 Å². The summed E-state index contributed by atoms with van der Waals surface area (Å²) in [5.41, 5.74) is 0.411. The average Bonchev–Trinajstić information content (AvgIpc) is 2.35. The van der Waals surface area contributed by atoms with Gasteiger partial charge in [0.05, 0.1) is 16.7 Å². The number of halogens is 4. The number of ether oxygens (including phenoxy) is 1. The molecule has 0 aromatic heterocycles. The molecular formula is C13H8BrCl2FO2. The maximum atomic E-state index is 13.3. The van der Waals surface area contributed by atoms with Gasteiger partial charge in [-0.1, -0.05) is 23.2 Å². The minimum absolute atomic E-state index is 0.240. The zero-order chi connectivity index (χ0) is 14.0. The molecule has 6 heteroatoms. The minimum Gasteiger partial charge on any atom is -0.456 e. The zero-order valence-electron chi connectivity index (χ0n) is 9.46. The van der Waals surface area contributed by atoms with Gasteiger partial charge in [0.15, 0.2) is 0 Å². The van der Waals surface area contributed by atoms with Crippen molar-refractivity contribution in [2.24, 2.45) is 0 Å². The Morgan fingerprint density at radius 2 is 1.84 bits per heavy atom. The third-order valence-corrected chi connectivity index (χ3v) is 3.81. The second kappa shape index (κ2) is 6.09. The molecule has 0 aliphatic carbocycles. The first-order valence-corrected chi connectivity index (χ1v) is 6.77. The van der Waals surface area contributed by atoms with Crippen LogP contribution in [0.4, 0.5) is 4.39 Å². The molecular weight excluding hydrogens is 358 g/mol. The van der Waals surface area contributed by atoms with E-state index in [2.05, 4.69) is 15.9 Å². The topological polar surface area (TPSA) is 29.5 Å².